The number of aliphatic hydroxyl groups is 1. The first-order valence-corrected chi connectivity index (χ1v) is 7.40. The summed E-state index contributed by atoms with van der Waals surface area (Å²) in [6, 6.07) is 1.96. The van der Waals surface area contributed by atoms with Gasteiger partial charge in [0.1, 0.15) is 29.9 Å². The summed E-state index contributed by atoms with van der Waals surface area (Å²) in [7, 11) is 1.86. The zero-order valence-electron chi connectivity index (χ0n) is 12.8. The fourth-order valence-corrected chi connectivity index (χ4v) is 2.86. The van der Waals surface area contributed by atoms with E-state index in [1.54, 1.807) is 0 Å². The van der Waals surface area contributed by atoms with Crippen molar-refractivity contribution in [2.24, 2.45) is 7.05 Å². The zero-order chi connectivity index (χ0) is 16.4. The minimum atomic E-state index is -0.130. The van der Waals surface area contributed by atoms with Crippen LogP contribution in [0.2, 0.25) is 0 Å². The summed E-state index contributed by atoms with van der Waals surface area (Å²) in [4.78, 5) is 10.5. The number of anilines is 2. The largest absolute Gasteiger partial charge is 0.388 e. The van der Waals surface area contributed by atoms with Gasteiger partial charge in [0.15, 0.2) is 5.82 Å². The van der Waals surface area contributed by atoms with Crippen LogP contribution in [-0.4, -0.2) is 42.9 Å². The Morgan fingerprint density at radius 3 is 2.96 bits per heavy atom. The minimum absolute atomic E-state index is 0.130. The third kappa shape index (κ3) is 2.80. The maximum absolute atomic E-state index is 9.25. The molecule has 0 radical (unpaired) electrons. The van der Waals surface area contributed by atoms with E-state index in [-0.39, 0.29) is 23.9 Å². The van der Waals surface area contributed by atoms with Gasteiger partial charge < -0.3 is 20.3 Å². The number of nitrogen functional groups attached to an aromatic ring is 1. The maximum Gasteiger partial charge on any atom is 0.227 e. The lowest BCUT2D eigenvalue weighted by atomic mass is 9.97. The molecule has 0 saturated carbocycles. The summed E-state index contributed by atoms with van der Waals surface area (Å²) in [5.41, 5.74) is 6.06. The number of nitrogens with two attached hydrogens (primary N) is 1. The lowest BCUT2D eigenvalue weighted by Crippen LogP contribution is -2.36. The van der Waals surface area contributed by atoms with E-state index in [0.717, 1.165) is 25.2 Å². The molecule has 0 aliphatic carbocycles. The van der Waals surface area contributed by atoms with Crippen LogP contribution in [0.5, 0.6) is 0 Å². The van der Waals surface area contributed by atoms with Gasteiger partial charge in [-0.05, 0) is 12.8 Å². The average molecular weight is 314 g/mol. The Hall–Kier alpha value is -2.73. The summed E-state index contributed by atoms with van der Waals surface area (Å²) in [5.74, 6) is 2.30. The number of hydrogen-bond acceptors (Lipinski definition) is 8. The Morgan fingerprint density at radius 1 is 1.48 bits per heavy atom. The molecule has 2 aromatic heterocycles. The zero-order valence-corrected chi connectivity index (χ0v) is 12.8. The number of aromatic nitrogens is 5. The van der Waals surface area contributed by atoms with Crippen molar-refractivity contribution in [3.63, 3.8) is 0 Å². The van der Waals surface area contributed by atoms with Gasteiger partial charge in [-0.3, -0.25) is 0 Å². The van der Waals surface area contributed by atoms with Gasteiger partial charge in [-0.15, -0.1) is 10.2 Å². The predicted molar refractivity (Wildman–Crippen MR) is 82.3 cm³/mol. The van der Waals surface area contributed by atoms with Crippen molar-refractivity contribution < 1.29 is 5.11 Å². The Kier molecular flexibility index (Phi) is 4.08. The van der Waals surface area contributed by atoms with Crippen molar-refractivity contribution in [2.75, 3.05) is 23.7 Å². The second-order valence-corrected chi connectivity index (χ2v) is 5.56. The van der Waals surface area contributed by atoms with Gasteiger partial charge in [-0.2, -0.15) is 10.2 Å². The molecule has 1 unspecified atom stereocenters. The van der Waals surface area contributed by atoms with Crippen molar-refractivity contribution in [3.05, 3.63) is 23.4 Å². The first kappa shape index (κ1) is 15.2. The van der Waals surface area contributed by atoms with E-state index in [4.69, 9.17) is 11.0 Å². The molecule has 1 atom stereocenters. The van der Waals surface area contributed by atoms with Gasteiger partial charge in [-0.25, -0.2) is 4.98 Å². The van der Waals surface area contributed by atoms with Crippen molar-refractivity contribution in [1.82, 2.24) is 24.7 Å². The quantitative estimate of drug-likeness (QED) is 0.805. The molecular formula is C14H18N8O. The highest BCUT2D eigenvalue weighted by Crippen LogP contribution is 2.28. The SMILES string of the molecule is Cn1c(CO)nnc1C1CCCN(c2ncc(C#N)c(N)n2)C1. The van der Waals surface area contributed by atoms with Crippen LogP contribution in [0.15, 0.2) is 6.20 Å². The van der Waals surface area contributed by atoms with Crippen LogP contribution in [0.3, 0.4) is 0 Å². The van der Waals surface area contributed by atoms with Crippen molar-refractivity contribution in [1.29, 1.82) is 5.26 Å². The molecule has 3 heterocycles. The predicted octanol–water partition coefficient (Wildman–Crippen LogP) is -0.0647. The number of hydrogen-bond donors (Lipinski definition) is 2. The van der Waals surface area contributed by atoms with Gasteiger partial charge >= 0.3 is 0 Å². The van der Waals surface area contributed by atoms with Gasteiger partial charge in [0.2, 0.25) is 5.95 Å². The van der Waals surface area contributed by atoms with E-state index in [0.29, 0.717) is 18.3 Å². The number of nitrogens with zero attached hydrogens (tertiary/aromatic N) is 7. The van der Waals surface area contributed by atoms with E-state index in [2.05, 4.69) is 20.2 Å². The highest BCUT2D eigenvalue weighted by Gasteiger charge is 2.27. The normalized spacial score (nSPS) is 18.0. The monoisotopic (exact) mass is 314 g/mol. The second-order valence-electron chi connectivity index (χ2n) is 5.56. The number of aliphatic hydroxyl groups excluding tert-OH is 1. The molecule has 9 nitrogen and oxygen atoms in total. The molecule has 3 rings (SSSR count). The van der Waals surface area contributed by atoms with E-state index in [1.807, 2.05) is 22.6 Å². The highest BCUT2D eigenvalue weighted by molar-refractivity contribution is 5.50. The molecule has 1 fully saturated rings. The van der Waals surface area contributed by atoms with E-state index < -0.39 is 0 Å². The summed E-state index contributed by atoms with van der Waals surface area (Å²) < 4.78 is 1.84. The van der Waals surface area contributed by atoms with Crippen LogP contribution in [-0.2, 0) is 13.7 Å². The molecule has 1 saturated heterocycles. The molecular weight excluding hydrogens is 296 g/mol. The third-order valence-electron chi connectivity index (χ3n) is 4.14. The lowest BCUT2D eigenvalue weighted by molar-refractivity contribution is 0.266. The fourth-order valence-electron chi connectivity index (χ4n) is 2.86. The molecule has 3 N–H and O–H groups in total. The molecule has 1 aliphatic heterocycles. The first-order chi connectivity index (χ1) is 11.1. The molecule has 0 bridgehead atoms. The van der Waals surface area contributed by atoms with Crippen LogP contribution >= 0.6 is 0 Å². The van der Waals surface area contributed by atoms with Crippen LogP contribution in [0.25, 0.3) is 0 Å². The topological polar surface area (TPSA) is 130 Å². The molecule has 9 heteroatoms. The van der Waals surface area contributed by atoms with E-state index in [9.17, 15) is 5.11 Å². The van der Waals surface area contributed by atoms with Crippen LogP contribution in [0.4, 0.5) is 11.8 Å². The van der Waals surface area contributed by atoms with Gasteiger partial charge in [0, 0.05) is 26.1 Å². The summed E-state index contributed by atoms with van der Waals surface area (Å²) >= 11 is 0. The van der Waals surface area contributed by atoms with Crippen molar-refractivity contribution >= 4 is 11.8 Å². The smallest absolute Gasteiger partial charge is 0.227 e. The Morgan fingerprint density at radius 2 is 2.30 bits per heavy atom. The minimum Gasteiger partial charge on any atom is -0.388 e. The van der Waals surface area contributed by atoms with Crippen LogP contribution in [0, 0.1) is 11.3 Å². The molecule has 120 valence electrons. The average Bonchev–Trinajstić information content (AvgIpc) is 2.95. The maximum atomic E-state index is 9.25. The van der Waals surface area contributed by atoms with E-state index in [1.165, 1.54) is 6.20 Å². The molecule has 23 heavy (non-hydrogen) atoms. The Labute approximate surface area is 133 Å². The van der Waals surface area contributed by atoms with Crippen LogP contribution < -0.4 is 10.6 Å². The van der Waals surface area contributed by atoms with Crippen molar-refractivity contribution in [3.8, 4) is 6.07 Å². The lowest BCUT2D eigenvalue weighted by Gasteiger charge is -2.32. The van der Waals surface area contributed by atoms with Crippen LogP contribution in [0.1, 0.15) is 36.0 Å². The van der Waals surface area contributed by atoms with Crippen molar-refractivity contribution in [2.45, 2.75) is 25.4 Å². The first-order valence-electron chi connectivity index (χ1n) is 7.40. The Bertz CT molecular complexity index is 750. The fraction of sp³-hybridized carbons (Fsp3) is 0.500. The summed E-state index contributed by atoms with van der Waals surface area (Å²) in [6.45, 7) is 1.39. The Balaban J connectivity index is 1.82. The summed E-state index contributed by atoms with van der Waals surface area (Å²) in [6.07, 6.45) is 3.41. The second kappa shape index (κ2) is 6.18. The number of piperidine rings is 1. The molecule has 0 spiro atoms. The molecule has 2 aromatic rings. The third-order valence-corrected chi connectivity index (χ3v) is 4.14. The van der Waals surface area contributed by atoms with Gasteiger partial charge in [-0.1, -0.05) is 0 Å². The highest BCUT2D eigenvalue weighted by atomic mass is 16.3. The van der Waals surface area contributed by atoms with Gasteiger partial charge in [0.05, 0.1) is 6.20 Å². The molecule has 0 amide bonds. The summed E-state index contributed by atoms with van der Waals surface area (Å²) in [5, 5.41) is 26.4. The molecule has 1 aliphatic rings. The van der Waals surface area contributed by atoms with Gasteiger partial charge in [0.25, 0.3) is 0 Å². The van der Waals surface area contributed by atoms with E-state index >= 15 is 0 Å². The number of nitriles is 1. The standard InChI is InChI=1S/C14H18N8O/c1-21-11(8-23)19-20-13(21)9-3-2-4-22(7-9)14-17-6-10(5-15)12(16)18-14/h6,9,23H,2-4,7-8H2,1H3,(H2,16,17,18). The molecule has 0 aromatic carbocycles. The number of rotatable bonds is 3.